The van der Waals surface area contributed by atoms with Crippen LogP contribution in [-0.2, 0) is 9.59 Å². The lowest BCUT2D eigenvalue weighted by Gasteiger charge is -2.26. The van der Waals surface area contributed by atoms with Crippen LogP contribution in [-0.4, -0.2) is 34.5 Å². The zero-order valence-electron chi connectivity index (χ0n) is 12.1. The molecule has 1 aliphatic heterocycles. The number of hydrogen-bond acceptors (Lipinski definition) is 3. The molecule has 2 aliphatic carbocycles. The third-order valence-electron chi connectivity index (χ3n) is 5.50. The number of carbonyl (C=O) groups excluding carboxylic acids is 2. The molecular weight excluding hydrogens is 254 g/mol. The van der Waals surface area contributed by atoms with E-state index in [9.17, 15) is 14.7 Å². The first-order valence-electron chi connectivity index (χ1n) is 8.14. The van der Waals surface area contributed by atoms with E-state index < -0.39 is 0 Å². The Bertz CT molecular complexity index is 399. The Hall–Kier alpha value is -0.900. The first-order valence-corrected chi connectivity index (χ1v) is 8.14. The average Bonchev–Trinajstić information content (AvgIpc) is 2.80. The molecule has 0 aromatic heterocycles. The monoisotopic (exact) mass is 279 g/mol. The highest BCUT2D eigenvalue weighted by Crippen LogP contribution is 2.45. The molecule has 4 heteroatoms. The highest BCUT2D eigenvalue weighted by atomic mass is 16.3. The molecule has 1 heterocycles. The number of aliphatic hydroxyl groups is 1. The lowest BCUT2D eigenvalue weighted by Crippen LogP contribution is -2.38. The Kier molecular flexibility index (Phi) is 3.85. The van der Waals surface area contributed by atoms with Crippen LogP contribution in [0.2, 0.25) is 0 Å². The summed E-state index contributed by atoms with van der Waals surface area (Å²) in [5, 5.41) is 9.60. The molecule has 0 radical (unpaired) electrons. The zero-order valence-corrected chi connectivity index (χ0v) is 12.1. The SMILES string of the molecule is O=C1CC2(CCCCCC2)C(=O)N1CC1CCC(O)C1. The van der Waals surface area contributed by atoms with Crippen molar-refractivity contribution in [2.45, 2.75) is 70.3 Å². The molecule has 1 spiro atoms. The summed E-state index contributed by atoms with van der Waals surface area (Å²) >= 11 is 0. The van der Waals surface area contributed by atoms with Gasteiger partial charge in [0, 0.05) is 13.0 Å². The maximum absolute atomic E-state index is 12.8. The van der Waals surface area contributed by atoms with Crippen molar-refractivity contribution in [3.63, 3.8) is 0 Å². The van der Waals surface area contributed by atoms with E-state index in [1.165, 1.54) is 17.7 Å². The summed E-state index contributed by atoms with van der Waals surface area (Å²) in [6, 6.07) is 0. The molecule has 0 bridgehead atoms. The fourth-order valence-electron chi connectivity index (χ4n) is 4.31. The minimum Gasteiger partial charge on any atom is -0.393 e. The van der Waals surface area contributed by atoms with Crippen LogP contribution in [0.5, 0.6) is 0 Å². The number of aliphatic hydroxyl groups excluding tert-OH is 1. The molecule has 20 heavy (non-hydrogen) atoms. The second kappa shape index (κ2) is 5.47. The van der Waals surface area contributed by atoms with Gasteiger partial charge in [-0.3, -0.25) is 14.5 Å². The molecule has 2 unspecified atom stereocenters. The van der Waals surface area contributed by atoms with Gasteiger partial charge in [-0.2, -0.15) is 0 Å². The fourth-order valence-corrected chi connectivity index (χ4v) is 4.31. The Morgan fingerprint density at radius 1 is 1.10 bits per heavy atom. The van der Waals surface area contributed by atoms with Gasteiger partial charge in [-0.05, 0) is 38.0 Å². The third-order valence-corrected chi connectivity index (χ3v) is 5.50. The molecule has 3 aliphatic rings. The molecule has 4 nitrogen and oxygen atoms in total. The van der Waals surface area contributed by atoms with Crippen molar-refractivity contribution in [3.05, 3.63) is 0 Å². The van der Waals surface area contributed by atoms with Gasteiger partial charge in [-0.1, -0.05) is 25.7 Å². The number of amides is 2. The van der Waals surface area contributed by atoms with Crippen LogP contribution in [0.1, 0.15) is 64.2 Å². The second-order valence-electron chi connectivity index (χ2n) is 7.01. The molecule has 0 aromatic carbocycles. The molecule has 2 amide bonds. The van der Waals surface area contributed by atoms with Crippen molar-refractivity contribution < 1.29 is 14.7 Å². The molecule has 1 N–H and O–H groups in total. The predicted octanol–water partition coefficient (Wildman–Crippen LogP) is 2.25. The van der Waals surface area contributed by atoms with Crippen molar-refractivity contribution in [2.75, 3.05) is 6.54 Å². The van der Waals surface area contributed by atoms with Crippen molar-refractivity contribution in [1.29, 1.82) is 0 Å². The van der Waals surface area contributed by atoms with Gasteiger partial charge in [0.2, 0.25) is 11.8 Å². The first kappa shape index (κ1) is 14.1. The van der Waals surface area contributed by atoms with Gasteiger partial charge in [-0.15, -0.1) is 0 Å². The normalized spacial score (nSPS) is 34.0. The van der Waals surface area contributed by atoms with E-state index in [2.05, 4.69) is 0 Å². The van der Waals surface area contributed by atoms with E-state index in [0.717, 1.165) is 44.9 Å². The van der Waals surface area contributed by atoms with Crippen molar-refractivity contribution in [2.24, 2.45) is 11.3 Å². The van der Waals surface area contributed by atoms with E-state index >= 15 is 0 Å². The van der Waals surface area contributed by atoms with E-state index in [0.29, 0.717) is 18.9 Å². The molecule has 2 atom stereocenters. The number of carbonyl (C=O) groups is 2. The average molecular weight is 279 g/mol. The minimum absolute atomic E-state index is 0.0262. The van der Waals surface area contributed by atoms with Crippen LogP contribution < -0.4 is 0 Å². The summed E-state index contributed by atoms with van der Waals surface area (Å²) in [4.78, 5) is 26.6. The predicted molar refractivity (Wildman–Crippen MR) is 74.8 cm³/mol. The Labute approximate surface area is 120 Å². The largest absolute Gasteiger partial charge is 0.393 e. The number of hydrogen-bond donors (Lipinski definition) is 1. The number of imide groups is 1. The summed E-state index contributed by atoms with van der Waals surface area (Å²) in [6.45, 7) is 0.538. The molecule has 0 aromatic rings. The van der Waals surface area contributed by atoms with Gasteiger partial charge >= 0.3 is 0 Å². The Morgan fingerprint density at radius 2 is 1.80 bits per heavy atom. The summed E-state index contributed by atoms with van der Waals surface area (Å²) < 4.78 is 0. The maximum Gasteiger partial charge on any atom is 0.235 e. The van der Waals surface area contributed by atoms with Gasteiger partial charge in [-0.25, -0.2) is 0 Å². The van der Waals surface area contributed by atoms with Crippen LogP contribution >= 0.6 is 0 Å². The summed E-state index contributed by atoms with van der Waals surface area (Å²) in [5.74, 6) is 0.419. The van der Waals surface area contributed by atoms with Crippen molar-refractivity contribution in [1.82, 2.24) is 4.90 Å². The van der Waals surface area contributed by atoms with Gasteiger partial charge in [0.1, 0.15) is 0 Å². The number of nitrogens with zero attached hydrogens (tertiary/aromatic N) is 1. The van der Waals surface area contributed by atoms with E-state index in [-0.39, 0.29) is 23.3 Å². The van der Waals surface area contributed by atoms with Gasteiger partial charge < -0.3 is 5.11 Å². The standard InChI is InChI=1S/C16H25NO3/c18-13-6-5-12(9-13)11-17-14(19)10-16(15(17)20)7-3-1-2-4-8-16/h12-13,18H,1-11H2. The van der Waals surface area contributed by atoms with Crippen LogP contribution in [0.4, 0.5) is 0 Å². The fraction of sp³-hybridized carbons (Fsp3) is 0.875. The third kappa shape index (κ3) is 2.50. The minimum atomic E-state index is -0.370. The van der Waals surface area contributed by atoms with Gasteiger partial charge in [0.15, 0.2) is 0 Å². The van der Waals surface area contributed by atoms with Crippen molar-refractivity contribution >= 4 is 11.8 Å². The molecule has 112 valence electrons. The molecule has 3 rings (SSSR count). The maximum atomic E-state index is 12.8. The molecule has 3 fully saturated rings. The zero-order chi connectivity index (χ0) is 14.2. The summed E-state index contributed by atoms with van der Waals surface area (Å²) in [7, 11) is 0. The summed E-state index contributed by atoms with van der Waals surface area (Å²) in [5.41, 5.74) is -0.370. The molecular formula is C16H25NO3. The number of rotatable bonds is 2. The van der Waals surface area contributed by atoms with E-state index in [1.807, 2.05) is 0 Å². The molecule has 2 saturated carbocycles. The van der Waals surface area contributed by atoms with E-state index in [1.54, 1.807) is 0 Å². The van der Waals surface area contributed by atoms with Gasteiger partial charge in [0.05, 0.1) is 11.5 Å². The quantitative estimate of drug-likeness (QED) is 0.789. The number of likely N-dealkylation sites (tertiary alicyclic amines) is 1. The highest BCUT2D eigenvalue weighted by molar-refractivity contribution is 6.05. The Morgan fingerprint density at radius 3 is 2.40 bits per heavy atom. The lowest BCUT2D eigenvalue weighted by atomic mass is 9.79. The van der Waals surface area contributed by atoms with E-state index in [4.69, 9.17) is 0 Å². The smallest absolute Gasteiger partial charge is 0.235 e. The first-order chi connectivity index (χ1) is 9.61. The van der Waals surface area contributed by atoms with Crippen molar-refractivity contribution in [3.8, 4) is 0 Å². The molecule has 1 saturated heterocycles. The van der Waals surface area contributed by atoms with Crippen LogP contribution in [0.3, 0.4) is 0 Å². The summed E-state index contributed by atoms with van der Waals surface area (Å²) in [6.07, 6.45) is 9.00. The lowest BCUT2D eigenvalue weighted by molar-refractivity contribution is -0.142. The Balaban J connectivity index is 1.69. The second-order valence-corrected chi connectivity index (χ2v) is 7.01. The van der Waals surface area contributed by atoms with Crippen LogP contribution in [0.25, 0.3) is 0 Å². The van der Waals surface area contributed by atoms with Gasteiger partial charge in [0.25, 0.3) is 0 Å². The van der Waals surface area contributed by atoms with Crippen LogP contribution in [0.15, 0.2) is 0 Å². The topological polar surface area (TPSA) is 57.6 Å². The highest BCUT2D eigenvalue weighted by Gasteiger charge is 2.51. The van der Waals surface area contributed by atoms with Crippen LogP contribution in [0, 0.1) is 11.3 Å².